The second-order valence-corrected chi connectivity index (χ2v) is 4.14. The van der Waals surface area contributed by atoms with Crippen LogP contribution >= 0.6 is 0 Å². The summed E-state index contributed by atoms with van der Waals surface area (Å²) in [6, 6.07) is 7.31. The van der Waals surface area contributed by atoms with E-state index in [9.17, 15) is 18.4 Å². The number of hydrogen-bond donors (Lipinski definition) is 0. The molecule has 0 fully saturated rings. The fourth-order valence-electron chi connectivity index (χ4n) is 1.77. The molecule has 0 aliphatic rings. The monoisotopic (exact) mass is 263 g/mol. The number of Topliss-reactive ketones (excluding diaryl/α,β-unsaturated/α-hetero) is 1. The molecular formula is C14H11F2NO2. The minimum atomic E-state index is -0.924. The number of rotatable bonds is 3. The summed E-state index contributed by atoms with van der Waals surface area (Å²) in [5.41, 5.74) is 0.0378. The van der Waals surface area contributed by atoms with E-state index in [0.29, 0.717) is 11.8 Å². The number of carbonyl (C=O) groups excluding carboxylic acids is 1. The molecule has 0 N–H and O–H groups in total. The summed E-state index contributed by atoms with van der Waals surface area (Å²) in [6.45, 7) is 1.41. The predicted molar refractivity (Wildman–Crippen MR) is 66.1 cm³/mol. The highest BCUT2D eigenvalue weighted by Gasteiger charge is 2.14. The van der Waals surface area contributed by atoms with Gasteiger partial charge in [-0.2, -0.15) is 0 Å². The Morgan fingerprint density at radius 3 is 2.58 bits per heavy atom. The third-order valence-corrected chi connectivity index (χ3v) is 2.80. The van der Waals surface area contributed by atoms with Gasteiger partial charge in [0.05, 0.1) is 12.1 Å². The van der Waals surface area contributed by atoms with Crippen LogP contribution in [0.5, 0.6) is 0 Å². The van der Waals surface area contributed by atoms with E-state index >= 15 is 0 Å². The van der Waals surface area contributed by atoms with Crippen molar-refractivity contribution in [2.75, 3.05) is 0 Å². The molecular weight excluding hydrogens is 252 g/mol. The van der Waals surface area contributed by atoms with E-state index in [1.807, 2.05) is 0 Å². The Labute approximate surface area is 108 Å². The quantitative estimate of drug-likeness (QED) is 0.797. The Hall–Kier alpha value is -2.30. The molecule has 0 saturated carbocycles. The normalized spacial score (nSPS) is 10.5. The summed E-state index contributed by atoms with van der Waals surface area (Å²) in [5.74, 6) is -2.25. The average molecular weight is 263 g/mol. The lowest BCUT2D eigenvalue weighted by Gasteiger charge is -2.09. The van der Waals surface area contributed by atoms with Crippen LogP contribution in [0.25, 0.3) is 0 Å². The molecule has 0 aliphatic heterocycles. The van der Waals surface area contributed by atoms with Gasteiger partial charge in [-0.25, -0.2) is 8.78 Å². The van der Waals surface area contributed by atoms with Crippen molar-refractivity contribution in [3.63, 3.8) is 0 Å². The zero-order chi connectivity index (χ0) is 14.0. The third kappa shape index (κ3) is 2.76. The maximum Gasteiger partial charge on any atom is 0.251 e. The van der Waals surface area contributed by atoms with E-state index in [-0.39, 0.29) is 17.7 Å². The maximum absolute atomic E-state index is 13.5. The van der Waals surface area contributed by atoms with E-state index in [4.69, 9.17) is 0 Å². The minimum absolute atomic E-state index is 0.225. The Morgan fingerprint density at radius 2 is 1.95 bits per heavy atom. The smallest absolute Gasteiger partial charge is 0.251 e. The molecule has 0 atom stereocenters. The van der Waals surface area contributed by atoms with Crippen molar-refractivity contribution in [2.45, 2.75) is 13.5 Å². The van der Waals surface area contributed by atoms with Crippen molar-refractivity contribution >= 4 is 5.78 Å². The molecule has 3 nitrogen and oxygen atoms in total. The molecule has 0 unspecified atom stereocenters. The average Bonchev–Trinajstić information content (AvgIpc) is 2.33. The molecule has 2 rings (SSSR count). The molecule has 5 heteroatoms. The lowest BCUT2D eigenvalue weighted by Crippen LogP contribution is -2.25. The second-order valence-electron chi connectivity index (χ2n) is 4.14. The minimum Gasteiger partial charge on any atom is -0.305 e. The van der Waals surface area contributed by atoms with Crippen molar-refractivity contribution in [1.29, 1.82) is 0 Å². The molecule has 1 aromatic carbocycles. The van der Waals surface area contributed by atoms with Crippen LogP contribution in [0.3, 0.4) is 0 Å². The summed E-state index contributed by atoms with van der Waals surface area (Å²) in [5, 5.41) is 0. The van der Waals surface area contributed by atoms with E-state index in [1.54, 1.807) is 19.1 Å². The van der Waals surface area contributed by atoms with Gasteiger partial charge in [0.1, 0.15) is 11.6 Å². The lowest BCUT2D eigenvalue weighted by atomic mass is 10.1. The molecule has 98 valence electrons. The van der Waals surface area contributed by atoms with Crippen molar-refractivity contribution in [2.24, 2.45) is 0 Å². The van der Waals surface area contributed by atoms with Crippen LogP contribution in [0.15, 0.2) is 41.2 Å². The number of carbonyl (C=O) groups is 1. The van der Waals surface area contributed by atoms with E-state index in [1.165, 1.54) is 10.6 Å². The first-order chi connectivity index (χ1) is 8.99. The van der Waals surface area contributed by atoms with Crippen molar-refractivity contribution in [3.05, 3.63) is 69.6 Å². The van der Waals surface area contributed by atoms with Gasteiger partial charge in [-0.05, 0) is 25.1 Å². The first-order valence-corrected chi connectivity index (χ1v) is 5.64. The van der Waals surface area contributed by atoms with E-state index in [0.717, 1.165) is 12.1 Å². The van der Waals surface area contributed by atoms with Crippen LogP contribution in [0, 0.1) is 18.6 Å². The fourth-order valence-corrected chi connectivity index (χ4v) is 1.77. The molecule has 0 bridgehead atoms. The summed E-state index contributed by atoms with van der Waals surface area (Å²) >= 11 is 0. The molecule has 0 saturated heterocycles. The highest BCUT2D eigenvalue weighted by Crippen LogP contribution is 2.11. The van der Waals surface area contributed by atoms with Gasteiger partial charge >= 0.3 is 0 Å². The van der Waals surface area contributed by atoms with Crippen LogP contribution in [-0.2, 0) is 6.54 Å². The number of benzene rings is 1. The maximum atomic E-state index is 13.5. The highest BCUT2D eigenvalue weighted by molar-refractivity contribution is 5.96. The van der Waals surface area contributed by atoms with Gasteiger partial charge in [0.2, 0.25) is 0 Å². The number of pyridine rings is 1. The van der Waals surface area contributed by atoms with Gasteiger partial charge in [0.15, 0.2) is 5.78 Å². The van der Waals surface area contributed by atoms with Gasteiger partial charge < -0.3 is 4.57 Å². The molecule has 19 heavy (non-hydrogen) atoms. The summed E-state index contributed by atoms with van der Waals surface area (Å²) in [6.07, 6.45) is 0. The molecule has 1 heterocycles. The van der Waals surface area contributed by atoms with Crippen molar-refractivity contribution in [3.8, 4) is 0 Å². The van der Waals surface area contributed by atoms with Gasteiger partial charge in [0, 0.05) is 17.8 Å². The van der Waals surface area contributed by atoms with Gasteiger partial charge in [-0.3, -0.25) is 9.59 Å². The molecule has 0 amide bonds. The topological polar surface area (TPSA) is 39.1 Å². The first-order valence-electron chi connectivity index (χ1n) is 5.64. The summed E-state index contributed by atoms with van der Waals surface area (Å²) in [4.78, 5) is 23.5. The van der Waals surface area contributed by atoms with Crippen LogP contribution in [0.4, 0.5) is 8.78 Å². The molecule has 2 aromatic rings. The van der Waals surface area contributed by atoms with Crippen LogP contribution in [0.1, 0.15) is 16.1 Å². The van der Waals surface area contributed by atoms with Crippen LogP contribution < -0.4 is 5.56 Å². The standard InChI is InChI=1S/C14H11F2NO2/c1-9-3-2-4-14(19)17(9)8-13(18)11-6-5-10(15)7-12(11)16/h2-7H,8H2,1H3. The Bertz CT molecular complexity index is 692. The summed E-state index contributed by atoms with van der Waals surface area (Å²) in [7, 11) is 0. The Morgan fingerprint density at radius 1 is 1.21 bits per heavy atom. The van der Waals surface area contributed by atoms with Crippen molar-refractivity contribution < 1.29 is 13.6 Å². The Kier molecular flexibility index (Phi) is 3.55. The second kappa shape index (κ2) is 5.14. The first kappa shape index (κ1) is 13.1. The fraction of sp³-hybridized carbons (Fsp3) is 0.143. The van der Waals surface area contributed by atoms with Gasteiger partial charge in [-0.15, -0.1) is 0 Å². The SMILES string of the molecule is Cc1cccc(=O)n1CC(=O)c1ccc(F)cc1F. The van der Waals surface area contributed by atoms with Crippen LogP contribution in [-0.4, -0.2) is 10.4 Å². The molecule has 0 radical (unpaired) electrons. The number of aromatic nitrogens is 1. The zero-order valence-corrected chi connectivity index (χ0v) is 10.2. The Balaban J connectivity index is 2.34. The van der Waals surface area contributed by atoms with E-state index in [2.05, 4.69) is 0 Å². The molecule has 0 aliphatic carbocycles. The number of aryl methyl sites for hydroxylation is 1. The van der Waals surface area contributed by atoms with Gasteiger partial charge in [0.25, 0.3) is 5.56 Å². The van der Waals surface area contributed by atoms with Crippen molar-refractivity contribution in [1.82, 2.24) is 4.57 Å². The number of nitrogens with zero attached hydrogens (tertiary/aromatic N) is 1. The zero-order valence-electron chi connectivity index (χ0n) is 10.2. The largest absolute Gasteiger partial charge is 0.305 e. The number of hydrogen-bond acceptors (Lipinski definition) is 2. The van der Waals surface area contributed by atoms with E-state index < -0.39 is 17.4 Å². The van der Waals surface area contributed by atoms with Gasteiger partial charge in [-0.1, -0.05) is 6.07 Å². The third-order valence-electron chi connectivity index (χ3n) is 2.80. The summed E-state index contributed by atoms with van der Waals surface area (Å²) < 4.78 is 27.5. The number of ketones is 1. The predicted octanol–water partition coefficient (Wildman–Crippen LogP) is 2.32. The molecule has 1 aromatic heterocycles. The highest BCUT2D eigenvalue weighted by atomic mass is 19.1. The number of halogens is 2. The van der Waals surface area contributed by atoms with Crippen LogP contribution in [0.2, 0.25) is 0 Å². The molecule has 0 spiro atoms. The lowest BCUT2D eigenvalue weighted by molar-refractivity contribution is 0.0966.